The molecule has 0 saturated heterocycles. The van der Waals surface area contributed by atoms with E-state index in [1.54, 1.807) is 0 Å². The molecule has 0 atom stereocenters. The van der Waals surface area contributed by atoms with Gasteiger partial charge in [-0.15, -0.1) is 0 Å². The summed E-state index contributed by atoms with van der Waals surface area (Å²) in [7, 11) is 0. The Morgan fingerprint density at radius 1 is 0.455 bits per heavy atom. The summed E-state index contributed by atoms with van der Waals surface area (Å²) < 4.78 is 0. The van der Waals surface area contributed by atoms with Crippen molar-refractivity contribution in [3.05, 3.63) is 176 Å². The Balaban J connectivity index is 0.00000225. The molecule has 5 rings (SSSR count). The van der Waals surface area contributed by atoms with Crippen molar-refractivity contribution >= 4 is 0 Å². The minimum absolute atomic E-state index is 0. The summed E-state index contributed by atoms with van der Waals surface area (Å²) in [5, 5.41) is 0. The molecule has 3 heteroatoms. The molecule has 0 nitrogen and oxygen atoms in total. The molecule has 3 radical (unpaired) electrons. The standard InChI is InChI=1S/C41H41.3Y/c1-5-31-14-16-33(17-15-31)24-34-18-21-36(6-2)41(28-34)29-40-23-30(4)13-20-39(40)27-35-19-22-38(37(7-3)26-35)25-32-11-9-8-10-12-32;;;/h8,11-16,18-23,26,28H,5-7,24-25,27,29H2,1-4H3;;;/q-3;;;. The van der Waals surface area contributed by atoms with Crippen LogP contribution in [0.1, 0.15) is 87.5 Å². The third-order valence-electron chi connectivity index (χ3n) is 8.28. The van der Waals surface area contributed by atoms with Gasteiger partial charge in [-0.1, -0.05) is 99.3 Å². The van der Waals surface area contributed by atoms with E-state index in [-0.39, 0.29) is 98.1 Å². The minimum atomic E-state index is 0. The maximum Gasteiger partial charge on any atom is 0 e. The molecule has 0 saturated carbocycles. The first-order valence-corrected chi connectivity index (χ1v) is 15.2. The second-order valence-electron chi connectivity index (χ2n) is 11.3. The largest absolute Gasteiger partial charge is 0.359 e. The van der Waals surface area contributed by atoms with Gasteiger partial charge in [0.05, 0.1) is 0 Å². The van der Waals surface area contributed by atoms with E-state index in [9.17, 15) is 0 Å². The second-order valence-corrected chi connectivity index (χ2v) is 11.3. The third-order valence-corrected chi connectivity index (χ3v) is 8.28. The maximum absolute atomic E-state index is 3.50. The molecule has 44 heavy (non-hydrogen) atoms. The maximum atomic E-state index is 3.50. The van der Waals surface area contributed by atoms with Crippen molar-refractivity contribution in [2.75, 3.05) is 0 Å². The van der Waals surface area contributed by atoms with Gasteiger partial charge in [-0.05, 0) is 78.0 Å². The number of rotatable bonds is 11. The molecule has 217 valence electrons. The van der Waals surface area contributed by atoms with Crippen molar-refractivity contribution in [1.82, 2.24) is 0 Å². The average Bonchev–Trinajstić information content (AvgIpc) is 3.00. The van der Waals surface area contributed by atoms with Gasteiger partial charge in [-0.25, -0.2) is 0 Å². The first-order chi connectivity index (χ1) is 20.0. The molecule has 0 spiro atoms. The Bertz CT molecular complexity index is 1590. The van der Waals surface area contributed by atoms with Gasteiger partial charge >= 0.3 is 0 Å². The molecule has 0 amide bonds. The second kappa shape index (κ2) is 19.9. The predicted octanol–water partition coefficient (Wildman–Crippen LogP) is 9.44. The third kappa shape index (κ3) is 11.0. The van der Waals surface area contributed by atoms with Crippen molar-refractivity contribution in [1.29, 1.82) is 0 Å². The summed E-state index contributed by atoms with van der Waals surface area (Å²) in [5.74, 6) is 0. The van der Waals surface area contributed by atoms with Crippen molar-refractivity contribution < 1.29 is 98.1 Å². The van der Waals surface area contributed by atoms with Crippen LogP contribution in [-0.4, -0.2) is 0 Å². The van der Waals surface area contributed by atoms with Gasteiger partial charge in [-0.3, -0.25) is 17.7 Å². The summed E-state index contributed by atoms with van der Waals surface area (Å²) in [5.41, 5.74) is 16.5. The van der Waals surface area contributed by atoms with E-state index in [0.717, 1.165) is 44.9 Å². The van der Waals surface area contributed by atoms with Crippen LogP contribution in [0.5, 0.6) is 0 Å². The molecule has 0 fully saturated rings. The van der Waals surface area contributed by atoms with Crippen LogP contribution < -0.4 is 0 Å². The van der Waals surface area contributed by atoms with Gasteiger partial charge in [0, 0.05) is 98.1 Å². The fourth-order valence-electron chi connectivity index (χ4n) is 5.85. The molecule has 0 aliphatic rings. The first kappa shape index (κ1) is 39.6. The summed E-state index contributed by atoms with van der Waals surface area (Å²) >= 11 is 0. The fraction of sp³-hybridized carbons (Fsp3) is 0.268. The zero-order valence-electron chi connectivity index (χ0n) is 26.8. The quantitative estimate of drug-likeness (QED) is 0.117. The summed E-state index contributed by atoms with van der Waals surface area (Å²) in [6.45, 7) is 8.94. The van der Waals surface area contributed by atoms with Crippen molar-refractivity contribution in [2.24, 2.45) is 0 Å². The zero-order chi connectivity index (χ0) is 28.6. The molecule has 0 heterocycles. The van der Waals surface area contributed by atoms with E-state index >= 15 is 0 Å². The Morgan fingerprint density at radius 2 is 1.02 bits per heavy atom. The van der Waals surface area contributed by atoms with E-state index in [1.807, 2.05) is 6.07 Å². The Kier molecular flexibility index (Phi) is 17.9. The van der Waals surface area contributed by atoms with E-state index in [1.165, 1.54) is 66.8 Å². The first-order valence-electron chi connectivity index (χ1n) is 15.2. The normalized spacial score (nSPS) is 10.4. The van der Waals surface area contributed by atoms with Crippen LogP contribution in [0.3, 0.4) is 0 Å². The monoisotopic (exact) mass is 800 g/mol. The van der Waals surface area contributed by atoms with Gasteiger partial charge in [0.1, 0.15) is 0 Å². The van der Waals surface area contributed by atoms with Crippen molar-refractivity contribution in [3.8, 4) is 0 Å². The minimum Gasteiger partial charge on any atom is -0.359 e. The molecule has 0 aliphatic carbocycles. The van der Waals surface area contributed by atoms with Gasteiger partial charge in [0.2, 0.25) is 0 Å². The van der Waals surface area contributed by atoms with Crippen LogP contribution in [0.25, 0.3) is 0 Å². The smallest absolute Gasteiger partial charge is 0 e. The SMILES string of the molecule is CCc1c[c-]c(Cc2ccc(CC)c(Cc3cc(C)ccc3Cc3ccc(Cc4c[c-]c[c-]c4)c(CC)c3)c2)cc1.[Y].[Y].[Y]. The number of aryl methyl sites for hydroxylation is 4. The number of benzene rings is 5. The van der Waals surface area contributed by atoms with Crippen molar-refractivity contribution in [3.63, 3.8) is 0 Å². The van der Waals surface area contributed by atoms with Crippen LogP contribution in [0, 0.1) is 25.1 Å². The van der Waals surface area contributed by atoms with Gasteiger partial charge < -0.3 is 18.2 Å². The topological polar surface area (TPSA) is 0 Å². The van der Waals surface area contributed by atoms with E-state index in [2.05, 4.69) is 131 Å². The van der Waals surface area contributed by atoms with Gasteiger partial charge in [0.25, 0.3) is 0 Å². The predicted molar refractivity (Wildman–Crippen MR) is 173 cm³/mol. The van der Waals surface area contributed by atoms with Crippen LogP contribution in [0.2, 0.25) is 0 Å². The summed E-state index contributed by atoms with van der Waals surface area (Å²) in [6, 6.07) is 43.6. The Morgan fingerprint density at radius 3 is 1.68 bits per heavy atom. The number of hydrogen-bond donors (Lipinski definition) is 0. The van der Waals surface area contributed by atoms with E-state index < -0.39 is 0 Å². The van der Waals surface area contributed by atoms with Crippen LogP contribution in [0.4, 0.5) is 0 Å². The van der Waals surface area contributed by atoms with Crippen LogP contribution in [-0.2, 0) is 143 Å². The number of hydrogen-bond acceptors (Lipinski definition) is 0. The molecule has 0 bridgehead atoms. The molecule has 0 unspecified atom stereocenters. The average molecular weight is 800 g/mol. The molecule has 0 aliphatic heterocycles. The summed E-state index contributed by atoms with van der Waals surface area (Å²) in [6.07, 6.45) is 6.92. The Labute approximate surface area is 342 Å². The van der Waals surface area contributed by atoms with Crippen LogP contribution in [0.15, 0.2) is 91.0 Å². The van der Waals surface area contributed by atoms with E-state index in [0.29, 0.717) is 0 Å². The molecule has 0 aromatic heterocycles. The summed E-state index contributed by atoms with van der Waals surface area (Å²) in [4.78, 5) is 0. The molecular weight excluding hydrogens is 759 g/mol. The van der Waals surface area contributed by atoms with Crippen molar-refractivity contribution in [2.45, 2.75) is 72.6 Å². The fourth-order valence-corrected chi connectivity index (χ4v) is 5.85. The molecule has 5 aromatic rings. The van der Waals surface area contributed by atoms with Crippen LogP contribution >= 0.6 is 0 Å². The zero-order valence-corrected chi connectivity index (χ0v) is 35.4. The van der Waals surface area contributed by atoms with Gasteiger partial charge in [0.15, 0.2) is 0 Å². The van der Waals surface area contributed by atoms with Gasteiger partial charge in [-0.2, -0.15) is 35.4 Å². The molecular formula is C41H41Y3-3. The molecule has 0 N–H and O–H groups in total. The Hall–Kier alpha value is -0.588. The van der Waals surface area contributed by atoms with E-state index in [4.69, 9.17) is 0 Å². The molecule has 5 aromatic carbocycles.